The van der Waals surface area contributed by atoms with Gasteiger partial charge in [-0.1, -0.05) is 45.4 Å². The van der Waals surface area contributed by atoms with Gasteiger partial charge in [-0.05, 0) is 66.6 Å². The number of aliphatic hydroxyl groups excluding tert-OH is 1. The van der Waals surface area contributed by atoms with E-state index in [9.17, 15) is 9.59 Å². The van der Waals surface area contributed by atoms with Crippen LogP contribution in [0.15, 0.2) is 24.3 Å². The van der Waals surface area contributed by atoms with Crippen molar-refractivity contribution in [1.29, 1.82) is 0 Å². The molecule has 0 heterocycles. The highest BCUT2D eigenvalue weighted by Crippen LogP contribution is 2.64. The van der Waals surface area contributed by atoms with Crippen LogP contribution < -0.4 is 10.6 Å². The number of rotatable bonds is 6. The molecule has 6 heteroatoms. The molecular weight excluding hydrogens is 392 g/mol. The minimum absolute atomic E-state index is 0.0176. The Bertz CT molecular complexity index is 746. The fourth-order valence-electron chi connectivity index (χ4n) is 6.67. The lowest BCUT2D eigenvalue weighted by Gasteiger charge is -2.60. The largest absolute Gasteiger partial charge is 0.395 e. The molecule has 0 aromatic carbocycles. The zero-order valence-electron chi connectivity index (χ0n) is 19.6. The van der Waals surface area contributed by atoms with Crippen LogP contribution in [0.2, 0.25) is 0 Å². The number of amides is 3. The van der Waals surface area contributed by atoms with Gasteiger partial charge >= 0.3 is 6.03 Å². The Hall–Kier alpha value is -1.66. The molecule has 3 amide bonds. The van der Waals surface area contributed by atoms with Gasteiger partial charge in [0.05, 0.1) is 12.7 Å². The number of aliphatic hydroxyl groups is 1. The third-order valence-corrected chi connectivity index (χ3v) is 8.39. The third-order valence-electron chi connectivity index (χ3n) is 8.39. The van der Waals surface area contributed by atoms with Gasteiger partial charge in [0.2, 0.25) is 0 Å². The van der Waals surface area contributed by atoms with Crippen LogP contribution in [0.1, 0.15) is 66.2 Å². The Balaban J connectivity index is 1.65. The van der Waals surface area contributed by atoms with E-state index >= 15 is 0 Å². The molecule has 2 saturated carbocycles. The highest BCUT2D eigenvalue weighted by molar-refractivity contribution is 5.94. The van der Waals surface area contributed by atoms with Gasteiger partial charge in [0.25, 0.3) is 5.91 Å². The zero-order valence-corrected chi connectivity index (χ0v) is 19.6. The van der Waals surface area contributed by atoms with E-state index in [-0.39, 0.29) is 42.1 Å². The predicted octanol–water partition coefficient (Wildman–Crippen LogP) is 3.95. The van der Waals surface area contributed by atoms with Crippen molar-refractivity contribution in [3.63, 3.8) is 0 Å². The average Bonchev–Trinajstić information content (AvgIpc) is 2.71. The Morgan fingerprint density at radius 1 is 1.26 bits per heavy atom. The van der Waals surface area contributed by atoms with E-state index in [1.165, 1.54) is 19.3 Å². The van der Waals surface area contributed by atoms with E-state index in [0.717, 1.165) is 19.3 Å². The molecule has 3 aliphatic carbocycles. The molecule has 3 aliphatic rings. The maximum absolute atomic E-state index is 12.1. The SMILES string of the molecule is C=CC1(C)CC=C2C(CCC3C2(C)CCC(OCC(=O)NC(=O)NCCO)C3(C)C)C1. The van der Waals surface area contributed by atoms with Crippen LogP contribution in [-0.4, -0.2) is 42.9 Å². The summed E-state index contributed by atoms with van der Waals surface area (Å²) in [7, 11) is 0. The van der Waals surface area contributed by atoms with Gasteiger partial charge in [-0.2, -0.15) is 0 Å². The van der Waals surface area contributed by atoms with E-state index in [1.807, 2.05) is 0 Å². The van der Waals surface area contributed by atoms with E-state index in [4.69, 9.17) is 9.84 Å². The number of fused-ring (bicyclic) bond motifs is 3. The standard InChI is InChI=1S/C25H40N2O4/c1-6-24(4)11-9-18-17(15-24)7-8-19-23(2,3)20(10-12-25(18,19)5)31-16-21(29)27-22(30)26-13-14-28/h6,9,17,19-20,28H,1,7-8,10-16H2,2-5H3,(H2,26,27,29,30). The van der Waals surface area contributed by atoms with Gasteiger partial charge in [0.15, 0.2) is 0 Å². The van der Waals surface area contributed by atoms with Crippen molar-refractivity contribution < 1.29 is 19.4 Å². The highest BCUT2D eigenvalue weighted by Gasteiger charge is 2.56. The predicted molar refractivity (Wildman–Crippen MR) is 121 cm³/mol. The summed E-state index contributed by atoms with van der Waals surface area (Å²) in [6, 6.07) is -0.604. The number of allylic oxidation sites excluding steroid dienone is 3. The molecular formula is C25H40N2O4. The summed E-state index contributed by atoms with van der Waals surface area (Å²) in [4.78, 5) is 23.7. The molecule has 0 aromatic rings. The summed E-state index contributed by atoms with van der Waals surface area (Å²) in [6.07, 6.45) is 11.3. The lowest BCUT2D eigenvalue weighted by Crippen LogP contribution is -2.55. The van der Waals surface area contributed by atoms with E-state index in [2.05, 4.69) is 57.1 Å². The molecule has 0 spiro atoms. The number of urea groups is 1. The molecule has 3 N–H and O–H groups in total. The summed E-state index contributed by atoms with van der Waals surface area (Å²) in [5.74, 6) is 0.696. The van der Waals surface area contributed by atoms with Gasteiger partial charge in [-0.25, -0.2) is 4.79 Å². The molecule has 0 radical (unpaired) electrons. The van der Waals surface area contributed by atoms with Crippen LogP contribution in [0.3, 0.4) is 0 Å². The Morgan fingerprint density at radius 2 is 2.00 bits per heavy atom. The quantitative estimate of drug-likeness (QED) is 0.555. The summed E-state index contributed by atoms with van der Waals surface area (Å²) in [5.41, 5.74) is 1.98. The van der Waals surface area contributed by atoms with Crippen LogP contribution in [-0.2, 0) is 9.53 Å². The first kappa shape index (κ1) is 24.0. The maximum Gasteiger partial charge on any atom is 0.321 e. The van der Waals surface area contributed by atoms with Crippen molar-refractivity contribution in [2.24, 2.45) is 28.1 Å². The number of carbonyl (C=O) groups is 2. The maximum atomic E-state index is 12.1. The fraction of sp³-hybridized carbons (Fsp3) is 0.760. The van der Waals surface area contributed by atoms with Gasteiger partial charge in [0, 0.05) is 6.54 Å². The molecule has 0 aliphatic heterocycles. The third kappa shape index (κ3) is 4.75. The number of hydrogen-bond donors (Lipinski definition) is 3. The smallest absolute Gasteiger partial charge is 0.321 e. The van der Waals surface area contributed by atoms with Crippen LogP contribution in [0.25, 0.3) is 0 Å². The average molecular weight is 433 g/mol. The Kier molecular flexibility index (Phi) is 7.02. The first-order valence-corrected chi connectivity index (χ1v) is 11.7. The van der Waals surface area contributed by atoms with Gasteiger partial charge in [-0.15, -0.1) is 6.58 Å². The normalized spacial score (nSPS) is 36.4. The van der Waals surface area contributed by atoms with Gasteiger partial charge in [0.1, 0.15) is 6.61 Å². The fourth-order valence-corrected chi connectivity index (χ4v) is 6.67. The minimum atomic E-state index is -0.604. The summed E-state index contributed by atoms with van der Waals surface area (Å²) in [6.45, 7) is 13.2. The van der Waals surface area contributed by atoms with E-state index < -0.39 is 11.9 Å². The van der Waals surface area contributed by atoms with Gasteiger partial charge < -0.3 is 15.2 Å². The molecule has 3 rings (SSSR count). The van der Waals surface area contributed by atoms with E-state index in [1.54, 1.807) is 5.57 Å². The first-order valence-electron chi connectivity index (χ1n) is 11.7. The highest BCUT2D eigenvalue weighted by atomic mass is 16.5. The second-order valence-corrected chi connectivity index (χ2v) is 10.9. The molecule has 5 atom stereocenters. The second kappa shape index (κ2) is 9.07. The zero-order chi connectivity index (χ0) is 22.9. The molecule has 2 fully saturated rings. The number of ether oxygens (including phenoxy) is 1. The molecule has 0 saturated heterocycles. The molecule has 174 valence electrons. The number of nitrogens with one attached hydrogen (secondary N) is 2. The van der Waals surface area contributed by atoms with Crippen LogP contribution in [0, 0.1) is 28.1 Å². The number of carbonyl (C=O) groups excluding carboxylic acids is 2. The summed E-state index contributed by atoms with van der Waals surface area (Å²) >= 11 is 0. The van der Waals surface area contributed by atoms with Gasteiger partial charge in [-0.3, -0.25) is 10.1 Å². The number of hydrogen-bond acceptors (Lipinski definition) is 4. The Labute approximate surface area is 186 Å². The van der Waals surface area contributed by atoms with Crippen LogP contribution >= 0.6 is 0 Å². The van der Waals surface area contributed by atoms with Crippen LogP contribution in [0.4, 0.5) is 4.79 Å². The van der Waals surface area contributed by atoms with Crippen molar-refractivity contribution in [2.45, 2.75) is 72.3 Å². The van der Waals surface area contributed by atoms with Crippen molar-refractivity contribution in [3.8, 4) is 0 Å². The summed E-state index contributed by atoms with van der Waals surface area (Å²) < 4.78 is 6.07. The number of imide groups is 1. The molecule has 6 nitrogen and oxygen atoms in total. The van der Waals surface area contributed by atoms with Crippen LogP contribution in [0.5, 0.6) is 0 Å². The van der Waals surface area contributed by atoms with E-state index in [0.29, 0.717) is 11.8 Å². The molecule has 0 bridgehead atoms. The molecule has 5 unspecified atom stereocenters. The Morgan fingerprint density at radius 3 is 2.68 bits per heavy atom. The minimum Gasteiger partial charge on any atom is -0.395 e. The summed E-state index contributed by atoms with van der Waals surface area (Å²) in [5, 5.41) is 13.4. The monoisotopic (exact) mass is 432 g/mol. The molecule has 0 aromatic heterocycles. The first-order chi connectivity index (χ1) is 14.6. The van der Waals surface area contributed by atoms with Crippen molar-refractivity contribution >= 4 is 11.9 Å². The lowest BCUT2D eigenvalue weighted by atomic mass is 9.46. The van der Waals surface area contributed by atoms with Crippen molar-refractivity contribution in [1.82, 2.24) is 10.6 Å². The van der Waals surface area contributed by atoms with Crippen molar-refractivity contribution in [3.05, 3.63) is 24.3 Å². The van der Waals surface area contributed by atoms with Crippen molar-refractivity contribution in [2.75, 3.05) is 19.8 Å². The second-order valence-electron chi connectivity index (χ2n) is 10.9. The topological polar surface area (TPSA) is 87.7 Å². The molecule has 31 heavy (non-hydrogen) atoms. The lowest BCUT2D eigenvalue weighted by molar-refractivity contribution is -0.146.